The molecule has 0 radical (unpaired) electrons. The van der Waals surface area contributed by atoms with E-state index in [1.807, 2.05) is 29.5 Å². The molecule has 9 aromatic carbocycles. The van der Waals surface area contributed by atoms with Crippen molar-refractivity contribution in [3.8, 4) is 78.7 Å². The average molecular weight is 770 g/mol. The number of hydrogen-bond donors (Lipinski definition) is 0. The quantitative estimate of drug-likeness (QED) is 0.162. The molecule has 0 spiro atoms. The molecule has 11 rings (SSSR count). The Labute approximate surface area is 346 Å². The lowest BCUT2D eigenvalue weighted by Crippen LogP contribution is -2.01. The second-order valence-corrected chi connectivity index (χ2v) is 15.8. The second-order valence-electron chi connectivity index (χ2n) is 14.8. The van der Waals surface area contributed by atoms with E-state index in [1.54, 1.807) is 0 Å². The SMILES string of the molecule is c1ccc(-c2ccc(-c3nc(-c4ccc(-c5ccc6cc(-c7cccc8c7sc7ccccc78)ccc6c5)cc4)nc(-c4ccccc4-c4ccccc4)n3)cc2)cc1. The average Bonchev–Trinajstić information content (AvgIpc) is 3.71. The zero-order valence-electron chi connectivity index (χ0n) is 32.0. The summed E-state index contributed by atoms with van der Waals surface area (Å²) < 4.78 is 2.66. The van der Waals surface area contributed by atoms with Gasteiger partial charge < -0.3 is 0 Å². The van der Waals surface area contributed by atoms with Gasteiger partial charge in [0.25, 0.3) is 0 Å². The van der Waals surface area contributed by atoms with Crippen LogP contribution in [0.3, 0.4) is 0 Å². The van der Waals surface area contributed by atoms with E-state index in [0.29, 0.717) is 17.5 Å². The molecule has 2 heterocycles. The largest absolute Gasteiger partial charge is 0.208 e. The van der Waals surface area contributed by atoms with Gasteiger partial charge in [0, 0.05) is 36.9 Å². The summed E-state index contributed by atoms with van der Waals surface area (Å²) in [6.45, 7) is 0. The molecule has 0 bridgehead atoms. The monoisotopic (exact) mass is 769 g/mol. The highest BCUT2D eigenvalue weighted by Gasteiger charge is 2.17. The summed E-state index contributed by atoms with van der Waals surface area (Å²) in [5, 5.41) is 5.07. The van der Waals surface area contributed by atoms with Gasteiger partial charge in [0.05, 0.1) is 0 Å². The highest BCUT2D eigenvalue weighted by molar-refractivity contribution is 7.26. The first-order valence-electron chi connectivity index (χ1n) is 19.8. The summed E-state index contributed by atoms with van der Waals surface area (Å²) in [7, 11) is 0. The molecule has 0 fully saturated rings. The summed E-state index contributed by atoms with van der Waals surface area (Å²) >= 11 is 1.87. The van der Waals surface area contributed by atoms with Crippen LogP contribution in [0.2, 0.25) is 0 Å². The van der Waals surface area contributed by atoms with Crippen LogP contribution in [0.5, 0.6) is 0 Å². The molecule has 4 heteroatoms. The van der Waals surface area contributed by atoms with Gasteiger partial charge in [-0.25, -0.2) is 15.0 Å². The minimum atomic E-state index is 0.631. The van der Waals surface area contributed by atoms with Crippen LogP contribution >= 0.6 is 11.3 Å². The lowest BCUT2D eigenvalue weighted by molar-refractivity contribution is 1.07. The minimum Gasteiger partial charge on any atom is -0.208 e. The van der Waals surface area contributed by atoms with Gasteiger partial charge in [-0.2, -0.15) is 0 Å². The van der Waals surface area contributed by atoms with Crippen LogP contribution in [-0.2, 0) is 0 Å². The Bertz CT molecular complexity index is 3300. The maximum absolute atomic E-state index is 5.14. The molecule has 0 aliphatic rings. The van der Waals surface area contributed by atoms with Crippen LogP contribution in [-0.4, -0.2) is 15.0 Å². The number of aromatic nitrogens is 3. The van der Waals surface area contributed by atoms with Gasteiger partial charge in [0.15, 0.2) is 17.5 Å². The molecule has 59 heavy (non-hydrogen) atoms. The Kier molecular flexibility index (Phi) is 8.68. The Morgan fingerprint density at radius 1 is 0.271 bits per heavy atom. The fourth-order valence-electron chi connectivity index (χ4n) is 8.12. The van der Waals surface area contributed by atoms with Crippen molar-refractivity contribution < 1.29 is 0 Å². The molecular formula is C55H35N3S. The molecule has 0 atom stereocenters. The smallest absolute Gasteiger partial charge is 0.164 e. The molecule has 0 aliphatic carbocycles. The molecule has 0 saturated carbocycles. The highest BCUT2D eigenvalue weighted by atomic mass is 32.1. The molecule has 3 nitrogen and oxygen atoms in total. The van der Waals surface area contributed by atoms with Gasteiger partial charge in [-0.15, -0.1) is 11.3 Å². The Morgan fingerprint density at radius 2 is 0.729 bits per heavy atom. The lowest BCUT2D eigenvalue weighted by Gasteiger charge is -2.12. The van der Waals surface area contributed by atoms with E-state index >= 15 is 0 Å². The molecule has 0 aliphatic heterocycles. The van der Waals surface area contributed by atoms with E-state index in [1.165, 1.54) is 47.6 Å². The zero-order valence-corrected chi connectivity index (χ0v) is 32.8. The Morgan fingerprint density at radius 3 is 1.42 bits per heavy atom. The molecule has 2 aromatic heterocycles. The molecule has 276 valence electrons. The molecular weight excluding hydrogens is 735 g/mol. The summed E-state index contributed by atoms with van der Waals surface area (Å²) in [5.41, 5.74) is 12.1. The maximum atomic E-state index is 5.14. The maximum Gasteiger partial charge on any atom is 0.164 e. The van der Waals surface area contributed by atoms with E-state index < -0.39 is 0 Å². The molecule has 0 N–H and O–H groups in total. The van der Waals surface area contributed by atoms with Gasteiger partial charge >= 0.3 is 0 Å². The van der Waals surface area contributed by atoms with E-state index in [-0.39, 0.29) is 0 Å². The van der Waals surface area contributed by atoms with Crippen LogP contribution in [0.4, 0.5) is 0 Å². The number of fused-ring (bicyclic) bond motifs is 4. The molecule has 11 aromatic rings. The fourth-order valence-corrected chi connectivity index (χ4v) is 9.36. The third kappa shape index (κ3) is 6.56. The van der Waals surface area contributed by atoms with Gasteiger partial charge in [-0.05, 0) is 73.5 Å². The van der Waals surface area contributed by atoms with Gasteiger partial charge in [0.1, 0.15) is 0 Å². The molecule has 0 amide bonds. The topological polar surface area (TPSA) is 38.7 Å². The van der Waals surface area contributed by atoms with E-state index in [2.05, 4.69) is 194 Å². The summed E-state index contributed by atoms with van der Waals surface area (Å²) in [6, 6.07) is 75.2. The molecule has 0 saturated heterocycles. The number of nitrogens with zero attached hydrogens (tertiary/aromatic N) is 3. The van der Waals surface area contributed by atoms with Crippen LogP contribution in [0, 0.1) is 0 Å². The van der Waals surface area contributed by atoms with Crippen molar-refractivity contribution in [1.29, 1.82) is 0 Å². The third-order valence-corrected chi connectivity index (χ3v) is 12.4. The summed E-state index contributed by atoms with van der Waals surface area (Å²) in [6.07, 6.45) is 0. The first-order chi connectivity index (χ1) is 29.2. The molecule has 0 unspecified atom stereocenters. The number of benzene rings is 9. The number of thiophene rings is 1. The Balaban J connectivity index is 0.946. The first kappa shape index (κ1) is 34.7. The number of hydrogen-bond acceptors (Lipinski definition) is 4. The predicted molar refractivity (Wildman–Crippen MR) is 248 cm³/mol. The van der Waals surface area contributed by atoms with Crippen molar-refractivity contribution in [1.82, 2.24) is 15.0 Å². The third-order valence-electron chi connectivity index (χ3n) is 11.2. The summed E-state index contributed by atoms with van der Waals surface area (Å²) in [4.78, 5) is 15.3. The van der Waals surface area contributed by atoms with E-state index in [4.69, 9.17) is 15.0 Å². The fraction of sp³-hybridized carbons (Fsp3) is 0. The van der Waals surface area contributed by atoms with E-state index in [9.17, 15) is 0 Å². The minimum absolute atomic E-state index is 0.631. The van der Waals surface area contributed by atoms with E-state index in [0.717, 1.165) is 44.5 Å². The predicted octanol–water partition coefficient (Wildman–Crippen LogP) is 15.1. The van der Waals surface area contributed by atoms with Gasteiger partial charge in [-0.1, -0.05) is 194 Å². The van der Waals surface area contributed by atoms with Crippen molar-refractivity contribution >= 4 is 42.3 Å². The summed E-state index contributed by atoms with van der Waals surface area (Å²) in [5.74, 6) is 1.90. The van der Waals surface area contributed by atoms with Crippen LogP contribution in [0.15, 0.2) is 212 Å². The van der Waals surface area contributed by atoms with Crippen molar-refractivity contribution in [2.45, 2.75) is 0 Å². The van der Waals surface area contributed by atoms with Gasteiger partial charge in [0.2, 0.25) is 0 Å². The highest BCUT2D eigenvalue weighted by Crippen LogP contribution is 2.41. The lowest BCUT2D eigenvalue weighted by atomic mass is 9.96. The van der Waals surface area contributed by atoms with Crippen LogP contribution in [0.25, 0.3) is 110 Å². The van der Waals surface area contributed by atoms with Crippen molar-refractivity contribution in [2.24, 2.45) is 0 Å². The second kappa shape index (κ2) is 14.8. The van der Waals surface area contributed by atoms with Crippen LogP contribution < -0.4 is 0 Å². The normalized spacial score (nSPS) is 11.4. The standard InChI is InChI=1S/C55H35N3S/c1-3-12-36(13-4-1)37-22-26-40(27-23-37)53-56-54(58-55(57-53)50-18-8-7-16-46(50)39-14-5-2-6-15-39)41-28-24-38(25-29-41)42-30-31-44-35-45(33-32-43(44)34-42)47-19-11-20-49-48-17-9-10-21-51(48)59-52(47)49/h1-35H. The zero-order chi connectivity index (χ0) is 39.1. The van der Waals surface area contributed by atoms with Gasteiger partial charge in [-0.3, -0.25) is 0 Å². The van der Waals surface area contributed by atoms with Crippen LogP contribution in [0.1, 0.15) is 0 Å². The van der Waals surface area contributed by atoms with Crippen molar-refractivity contribution in [2.75, 3.05) is 0 Å². The number of rotatable bonds is 7. The van der Waals surface area contributed by atoms with Crippen molar-refractivity contribution in [3.05, 3.63) is 212 Å². The first-order valence-corrected chi connectivity index (χ1v) is 20.7. The van der Waals surface area contributed by atoms with Crippen molar-refractivity contribution in [3.63, 3.8) is 0 Å². The Hall–Kier alpha value is -7.53.